The van der Waals surface area contributed by atoms with Crippen molar-refractivity contribution in [3.63, 3.8) is 0 Å². The standard InChI is InChI=1S/C13H13ClFNO3/c1-2-19-13(18)10-6-9(15)3-4-11(10)16-7-8(14)5-12(16)17/h3-4,6,8H,2,5,7H2,1H3. The van der Waals surface area contributed by atoms with E-state index in [4.69, 9.17) is 16.3 Å². The first-order valence-electron chi connectivity index (χ1n) is 5.94. The van der Waals surface area contributed by atoms with E-state index in [1.165, 1.54) is 17.0 Å². The van der Waals surface area contributed by atoms with E-state index in [1.54, 1.807) is 6.92 Å². The number of halogens is 2. The van der Waals surface area contributed by atoms with Crippen molar-refractivity contribution in [1.82, 2.24) is 0 Å². The SMILES string of the molecule is CCOC(=O)c1cc(F)ccc1N1CC(Cl)CC1=O. The number of esters is 1. The van der Waals surface area contributed by atoms with Gasteiger partial charge in [0.05, 0.1) is 23.2 Å². The van der Waals surface area contributed by atoms with Crippen molar-refractivity contribution in [3.05, 3.63) is 29.6 Å². The second-order valence-electron chi connectivity index (χ2n) is 4.19. The molecule has 1 amide bonds. The van der Waals surface area contributed by atoms with E-state index in [2.05, 4.69) is 0 Å². The van der Waals surface area contributed by atoms with Crippen LogP contribution >= 0.6 is 11.6 Å². The molecule has 102 valence electrons. The summed E-state index contributed by atoms with van der Waals surface area (Å²) in [7, 11) is 0. The molecular weight excluding hydrogens is 273 g/mol. The Labute approximate surface area is 115 Å². The number of anilines is 1. The zero-order valence-electron chi connectivity index (χ0n) is 10.4. The Hall–Kier alpha value is -1.62. The van der Waals surface area contributed by atoms with Crippen molar-refractivity contribution in [2.45, 2.75) is 18.7 Å². The maximum Gasteiger partial charge on any atom is 0.340 e. The molecule has 1 atom stereocenters. The van der Waals surface area contributed by atoms with Crippen molar-refractivity contribution < 1.29 is 18.7 Å². The molecule has 1 aliphatic rings. The minimum atomic E-state index is -0.650. The van der Waals surface area contributed by atoms with Crippen LogP contribution in [-0.2, 0) is 9.53 Å². The van der Waals surface area contributed by atoms with Gasteiger partial charge in [-0.2, -0.15) is 0 Å². The summed E-state index contributed by atoms with van der Waals surface area (Å²) in [6.45, 7) is 2.14. The van der Waals surface area contributed by atoms with Crippen LogP contribution in [0.3, 0.4) is 0 Å². The lowest BCUT2D eigenvalue weighted by atomic mass is 10.1. The third-order valence-electron chi connectivity index (χ3n) is 2.82. The van der Waals surface area contributed by atoms with Crippen LogP contribution in [0.15, 0.2) is 18.2 Å². The Balaban J connectivity index is 2.39. The van der Waals surface area contributed by atoms with Gasteiger partial charge >= 0.3 is 5.97 Å². The zero-order chi connectivity index (χ0) is 14.0. The predicted molar refractivity (Wildman–Crippen MR) is 69.0 cm³/mol. The Morgan fingerprint density at radius 3 is 2.89 bits per heavy atom. The number of alkyl halides is 1. The summed E-state index contributed by atoms with van der Waals surface area (Å²) in [6, 6.07) is 3.67. The number of rotatable bonds is 3. The van der Waals surface area contributed by atoms with Crippen LogP contribution in [0.5, 0.6) is 0 Å². The van der Waals surface area contributed by atoms with Crippen LogP contribution in [0.2, 0.25) is 0 Å². The molecule has 0 bridgehead atoms. The molecule has 1 aromatic rings. The maximum atomic E-state index is 13.3. The molecule has 1 fully saturated rings. The lowest BCUT2D eigenvalue weighted by Crippen LogP contribution is -2.27. The van der Waals surface area contributed by atoms with Crippen molar-refractivity contribution in [3.8, 4) is 0 Å². The number of carbonyl (C=O) groups is 2. The second kappa shape index (κ2) is 5.57. The predicted octanol–water partition coefficient (Wildman–Crippen LogP) is 2.35. The molecular formula is C13H13ClFNO3. The molecule has 0 radical (unpaired) electrons. The lowest BCUT2D eigenvalue weighted by Gasteiger charge is -2.19. The van der Waals surface area contributed by atoms with E-state index in [-0.39, 0.29) is 29.9 Å². The van der Waals surface area contributed by atoms with E-state index in [0.29, 0.717) is 12.2 Å². The van der Waals surface area contributed by atoms with Gasteiger partial charge in [0, 0.05) is 13.0 Å². The molecule has 0 N–H and O–H groups in total. The lowest BCUT2D eigenvalue weighted by molar-refractivity contribution is -0.117. The van der Waals surface area contributed by atoms with Crippen molar-refractivity contribution in [1.29, 1.82) is 0 Å². The maximum absolute atomic E-state index is 13.3. The quantitative estimate of drug-likeness (QED) is 0.633. The monoisotopic (exact) mass is 285 g/mol. The Bertz CT molecular complexity index is 521. The minimum absolute atomic E-state index is 0.0426. The average Bonchev–Trinajstić information content (AvgIpc) is 2.68. The van der Waals surface area contributed by atoms with Gasteiger partial charge in [-0.15, -0.1) is 11.6 Å². The molecule has 1 aromatic carbocycles. The summed E-state index contributed by atoms with van der Waals surface area (Å²) in [5, 5.41) is -0.299. The fraction of sp³-hybridized carbons (Fsp3) is 0.385. The highest BCUT2D eigenvalue weighted by atomic mass is 35.5. The molecule has 0 saturated carbocycles. The fourth-order valence-electron chi connectivity index (χ4n) is 2.01. The summed E-state index contributed by atoms with van der Waals surface area (Å²) in [5.41, 5.74) is 0.383. The third-order valence-corrected chi connectivity index (χ3v) is 3.11. The molecule has 1 unspecified atom stereocenters. The Kier molecular flexibility index (Phi) is 4.04. The number of amides is 1. The van der Waals surface area contributed by atoms with Crippen LogP contribution in [0.25, 0.3) is 0 Å². The summed E-state index contributed by atoms with van der Waals surface area (Å²) in [4.78, 5) is 25.0. The molecule has 0 aliphatic carbocycles. The van der Waals surface area contributed by atoms with Gasteiger partial charge in [-0.1, -0.05) is 0 Å². The summed E-state index contributed by atoms with van der Waals surface area (Å²) in [6.07, 6.45) is 0.210. The van der Waals surface area contributed by atoms with Gasteiger partial charge in [0.15, 0.2) is 0 Å². The summed E-state index contributed by atoms with van der Waals surface area (Å²) in [5.74, 6) is -1.39. The second-order valence-corrected chi connectivity index (χ2v) is 4.80. The minimum Gasteiger partial charge on any atom is -0.462 e. The van der Waals surface area contributed by atoms with Crippen LogP contribution in [0.4, 0.5) is 10.1 Å². The highest BCUT2D eigenvalue weighted by molar-refractivity contribution is 6.24. The Morgan fingerprint density at radius 2 is 2.32 bits per heavy atom. The van der Waals surface area contributed by atoms with Crippen LogP contribution < -0.4 is 4.90 Å². The van der Waals surface area contributed by atoms with E-state index < -0.39 is 11.8 Å². The number of ether oxygens (including phenoxy) is 1. The number of nitrogens with zero attached hydrogens (tertiary/aromatic N) is 1. The van der Waals surface area contributed by atoms with Gasteiger partial charge in [-0.05, 0) is 25.1 Å². The molecule has 1 aliphatic heterocycles. The van der Waals surface area contributed by atoms with Gasteiger partial charge in [0.2, 0.25) is 5.91 Å². The van der Waals surface area contributed by atoms with Gasteiger partial charge in [-0.25, -0.2) is 9.18 Å². The largest absolute Gasteiger partial charge is 0.462 e. The highest BCUT2D eigenvalue weighted by Crippen LogP contribution is 2.28. The van der Waals surface area contributed by atoms with E-state index >= 15 is 0 Å². The van der Waals surface area contributed by atoms with Gasteiger partial charge < -0.3 is 9.64 Å². The molecule has 1 saturated heterocycles. The summed E-state index contributed by atoms with van der Waals surface area (Å²) >= 11 is 5.92. The van der Waals surface area contributed by atoms with E-state index in [0.717, 1.165) is 6.07 Å². The van der Waals surface area contributed by atoms with Gasteiger partial charge in [0.25, 0.3) is 0 Å². The van der Waals surface area contributed by atoms with E-state index in [1.807, 2.05) is 0 Å². The topological polar surface area (TPSA) is 46.6 Å². The fourth-order valence-corrected chi connectivity index (χ4v) is 2.28. The van der Waals surface area contributed by atoms with Crippen molar-refractivity contribution in [2.75, 3.05) is 18.1 Å². The normalized spacial score (nSPS) is 18.8. The van der Waals surface area contributed by atoms with Crippen LogP contribution in [0, 0.1) is 5.82 Å². The zero-order valence-corrected chi connectivity index (χ0v) is 11.1. The number of hydrogen-bond donors (Lipinski definition) is 0. The number of carbonyl (C=O) groups excluding carboxylic acids is 2. The number of benzene rings is 1. The number of hydrogen-bond acceptors (Lipinski definition) is 3. The molecule has 6 heteroatoms. The van der Waals surface area contributed by atoms with Crippen molar-refractivity contribution in [2.24, 2.45) is 0 Å². The summed E-state index contributed by atoms with van der Waals surface area (Å²) < 4.78 is 18.1. The third kappa shape index (κ3) is 2.87. The molecule has 0 aromatic heterocycles. The van der Waals surface area contributed by atoms with E-state index in [9.17, 15) is 14.0 Å². The average molecular weight is 286 g/mol. The highest BCUT2D eigenvalue weighted by Gasteiger charge is 2.32. The molecule has 2 rings (SSSR count). The van der Waals surface area contributed by atoms with Gasteiger partial charge in [0.1, 0.15) is 5.82 Å². The smallest absolute Gasteiger partial charge is 0.340 e. The Morgan fingerprint density at radius 1 is 1.58 bits per heavy atom. The molecule has 0 spiro atoms. The van der Waals surface area contributed by atoms with Crippen LogP contribution in [0.1, 0.15) is 23.7 Å². The molecule has 19 heavy (non-hydrogen) atoms. The van der Waals surface area contributed by atoms with Crippen LogP contribution in [-0.4, -0.2) is 30.4 Å². The molecule has 4 nitrogen and oxygen atoms in total. The molecule has 1 heterocycles. The first-order chi connectivity index (χ1) is 9.02. The van der Waals surface area contributed by atoms with Crippen molar-refractivity contribution >= 4 is 29.2 Å². The van der Waals surface area contributed by atoms with Gasteiger partial charge in [-0.3, -0.25) is 4.79 Å². The first kappa shape index (κ1) is 13.8. The first-order valence-corrected chi connectivity index (χ1v) is 6.37.